The molecule has 6 nitrogen and oxygen atoms in total. The zero-order valence-electron chi connectivity index (χ0n) is 15.8. The first-order valence-electron chi connectivity index (χ1n) is 8.54. The molecule has 3 rings (SSSR count). The monoisotopic (exact) mass is 409 g/mol. The summed E-state index contributed by atoms with van der Waals surface area (Å²) in [5, 5.41) is 0. The number of fused-ring (bicyclic) bond motifs is 1. The molecule has 2 aromatic rings. The summed E-state index contributed by atoms with van der Waals surface area (Å²) in [6.45, 7) is 4.17. The van der Waals surface area contributed by atoms with Gasteiger partial charge in [0.2, 0.25) is 0 Å². The molecule has 1 aliphatic heterocycles. The lowest BCUT2D eigenvalue weighted by Crippen LogP contribution is -2.45. The Balaban J connectivity index is 2.20. The lowest BCUT2D eigenvalue weighted by molar-refractivity contribution is 0.0868. The lowest BCUT2D eigenvalue weighted by Gasteiger charge is -2.37. The molecule has 1 atom stereocenters. The molecule has 1 heterocycles. The van der Waals surface area contributed by atoms with Gasteiger partial charge in [-0.05, 0) is 26.0 Å². The van der Waals surface area contributed by atoms with Crippen molar-refractivity contribution in [1.82, 2.24) is 0 Å². The van der Waals surface area contributed by atoms with Crippen molar-refractivity contribution in [3.05, 3.63) is 42.0 Å². The van der Waals surface area contributed by atoms with Gasteiger partial charge in [0.15, 0.2) is 6.23 Å². The molecule has 0 fully saturated rings. The SMILES string of the molecule is CCOC1CSc2c(OC)cc(OC)cc2N1S(=O)(=O)c1ccc(C)cc1. The van der Waals surface area contributed by atoms with Crippen LogP contribution in [0.5, 0.6) is 11.5 Å². The highest BCUT2D eigenvalue weighted by molar-refractivity contribution is 8.00. The summed E-state index contributed by atoms with van der Waals surface area (Å²) >= 11 is 1.51. The molecule has 0 amide bonds. The van der Waals surface area contributed by atoms with E-state index in [1.54, 1.807) is 43.5 Å². The predicted molar refractivity (Wildman–Crippen MR) is 107 cm³/mol. The third kappa shape index (κ3) is 3.74. The smallest absolute Gasteiger partial charge is 0.266 e. The zero-order valence-corrected chi connectivity index (χ0v) is 17.4. The van der Waals surface area contributed by atoms with Crippen molar-refractivity contribution in [3.63, 3.8) is 0 Å². The highest BCUT2D eigenvalue weighted by Gasteiger charge is 2.38. The molecule has 1 unspecified atom stereocenters. The largest absolute Gasteiger partial charge is 0.497 e. The van der Waals surface area contributed by atoms with E-state index >= 15 is 0 Å². The average Bonchev–Trinajstić information content (AvgIpc) is 2.67. The maximum Gasteiger partial charge on any atom is 0.266 e. The first-order valence-corrected chi connectivity index (χ1v) is 11.0. The Bertz CT molecular complexity index is 912. The molecular formula is C19H23NO5S2. The van der Waals surface area contributed by atoms with Crippen LogP contribution in [-0.2, 0) is 14.8 Å². The Labute approximate surface area is 164 Å². The van der Waals surface area contributed by atoms with Crippen LogP contribution in [0.4, 0.5) is 5.69 Å². The van der Waals surface area contributed by atoms with Crippen LogP contribution in [0, 0.1) is 6.92 Å². The van der Waals surface area contributed by atoms with Gasteiger partial charge in [0, 0.05) is 24.5 Å². The van der Waals surface area contributed by atoms with Crippen molar-refractivity contribution in [3.8, 4) is 11.5 Å². The minimum Gasteiger partial charge on any atom is -0.497 e. The summed E-state index contributed by atoms with van der Waals surface area (Å²) in [5.41, 5.74) is 1.50. The molecule has 8 heteroatoms. The summed E-state index contributed by atoms with van der Waals surface area (Å²) in [7, 11) is -0.733. The second kappa shape index (κ2) is 8.00. The van der Waals surface area contributed by atoms with E-state index in [0.717, 1.165) is 10.5 Å². The van der Waals surface area contributed by atoms with E-state index in [1.807, 2.05) is 13.8 Å². The fourth-order valence-corrected chi connectivity index (χ4v) is 5.79. The number of nitrogens with zero attached hydrogens (tertiary/aromatic N) is 1. The van der Waals surface area contributed by atoms with Crippen LogP contribution in [0.1, 0.15) is 12.5 Å². The van der Waals surface area contributed by atoms with Gasteiger partial charge in [-0.1, -0.05) is 17.7 Å². The van der Waals surface area contributed by atoms with Crippen LogP contribution in [-0.4, -0.2) is 41.2 Å². The van der Waals surface area contributed by atoms with Crippen LogP contribution < -0.4 is 13.8 Å². The number of aryl methyl sites for hydroxylation is 1. The molecule has 0 aromatic heterocycles. The quantitative estimate of drug-likeness (QED) is 0.725. The molecule has 2 aromatic carbocycles. The van der Waals surface area contributed by atoms with Gasteiger partial charge < -0.3 is 14.2 Å². The number of anilines is 1. The Morgan fingerprint density at radius 1 is 1.15 bits per heavy atom. The van der Waals surface area contributed by atoms with E-state index in [-0.39, 0.29) is 4.90 Å². The highest BCUT2D eigenvalue weighted by Crippen LogP contribution is 2.47. The zero-order chi connectivity index (χ0) is 19.6. The number of methoxy groups -OCH3 is 2. The van der Waals surface area contributed by atoms with E-state index in [9.17, 15) is 8.42 Å². The van der Waals surface area contributed by atoms with Gasteiger partial charge in [0.25, 0.3) is 10.0 Å². The number of thioether (sulfide) groups is 1. The molecule has 27 heavy (non-hydrogen) atoms. The topological polar surface area (TPSA) is 65.1 Å². The van der Waals surface area contributed by atoms with E-state index in [4.69, 9.17) is 14.2 Å². The fraction of sp³-hybridized carbons (Fsp3) is 0.368. The number of benzene rings is 2. The Kier molecular flexibility index (Phi) is 5.88. The number of hydrogen-bond donors (Lipinski definition) is 0. The third-order valence-corrected chi connectivity index (χ3v) is 7.24. The first kappa shape index (κ1) is 19.9. The minimum absolute atomic E-state index is 0.220. The van der Waals surface area contributed by atoms with Gasteiger partial charge in [-0.25, -0.2) is 12.7 Å². The number of sulfonamides is 1. The summed E-state index contributed by atoms with van der Waals surface area (Å²) < 4.78 is 44.9. The average molecular weight is 410 g/mol. The maximum atomic E-state index is 13.5. The lowest BCUT2D eigenvalue weighted by atomic mass is 10.2. The molecule has 0 N–H and O–H groups in total. The molecule has 0 bridgehead atoms. The number of rotatable bonds is 6. The summed E-state index contributed by atoms with van der Waals surface area (Å²) in [4.78, 5) is 0.974. The fourth-order valence-electron chi connectivity index (χ4n) is 2.93. The molecule has 0 aliphatic carbocycles. The van der Waals surface area contributed by atoms with Crippen LogP contribution >= 0.6 is 11.8 Å². The van der Waals surface area contributed by atoms with E-state index in [2.05, 4.69) is 0 Å². The highest BCUT2D eigenvalue weighted by atomic mass is 32.2. The van der Waals surface area contributed by atoms with Crippen molar-refractivity contribution in [2.45, 2.75) is 29.9 Å². The molecule has 0 spiro atoms. The first-order chi connectivity index (χ1) is 12.9. The molecule has 0 saturated carbocycles. The Morgan fingerprint density at radius 2 is 1.85 bits per heavy atom. The minimum atomic E-state index is -3.83. The van der Waals surface area contributed by atoms with Gasteiger partial charge in [0.05, 0.1) is 29.7 Å². The van der Waals surface area contributed by atoms with Gasteiger partial charge in [-0.2, -0.15) is 0 Å². The van der Waals surface area contributed by atoms with E-state index in [0.29, 0.717) is 29.5 Å². The van der Waals surface area contributed by atoms with E-state index < -0.39 is 16.3 Å². The van der Waals surface area contributed by atoms with Crippen LogP contribution in [0.15, 0.2) is 46.2 Å². The van der Waals surface area contributed by atoms with Crippen molar-refractivity contribution in [2.24, 2.45) is 0 Å². The molecular weight excluding hydrogens is 386 g/mol. The van der Waals surface area contributed by atoms with Gasteiger partial charge in [-0.3, -0.25) is 0 Å². The second-order valence-corrected chi connectivity index (χ2v) is 8.86. The summed E-state index contributed by atoms with van der Waals surface area (Å²) in [6, 6.07) is 10.3. The van der Waals surface area contributed by atoms with Crippen molar-refractivity contribution in [2.75, 3.05) is 30.9 Å². The Hall–Kier alpha value is -1.90. The van der Waals surface area contributed by atoms with Crippen LogP contribution in [0.3, 0.4) is 0 Å². The predicted octanol–water partition coefficient (Wildman–Crippen LogP) is 3.68. The van der Waals surface area contributed by atoms with Crippen molar-refractivity contribution < 1.29 is 22.6 Å². The number of ether oxygens (including phenoxy) is 3. The third-order valence-electron chi connectivity index (χ3n) is 4.27. The number of hydrogen-bond acceptors (Lipinski definition) is 6. The summed E-state index contributed by atoms with van der Waals surface area (Å²) in [6.07, 6.45) is -0.615. The Morgan fingerprint density at radius 3 is 2.44 bits per heavy atom. The van der Waals surface area contributed by atoms with Gasteiger partial charge in [-0.15, -0.1) is 11.8 Å². The van der Waals surface area contributed by atoms with Gasteiger partial charge in [0.1, 0.15) is 11.5 Å². The maximum absolute atomic E-state index is 13.5. The molecule has 0 saturated heterocycles. The molecule has 0 radical (unpaired) electrons. The van der Waals surface area contributed by atoms with E-state index in [1.165, 1.54) is 23.2 Å². The molecule has 1 aliphatic rings. The summed E-state index contributed by atoms with van der Waals surface area (Å²) in [5.74, 6) is 1.56. The normalized spacial score (nSPS) is 16.7. The second-order valence-electron chi connectivity index (χ2n) is 6.01. The van der Waals surface area contributed by atoms with Crippen LogP contribution in [0.2, 0.25) is 0 Å². The van der Waals surface area contributed by atoms with Gasteiger partial charge >= 0.3 is 0 Å². The standard InChI is InChI=1S/C19H23NO5S2/c1-5-25-18-12-26-19-16(10-14(23-3)11-17(19)24-4)20(18)27(21,22)15-8-6-13(2)7-9-15/h6-11,18H,5,12H2,1-4H3. The van der Waals surface area contributed by atoms with Crippen molar-refractivity contribution >= 4 is 27.5 Å². The van der Waals surface area contributed by atoms with Crippen LogP contribution in [0.25, 0.3) is 0 Å². The molecule has 146 valence electrons. The van der Waals surface area contributed by atoms with Crippen molar-refractivity contribution in [1.29, 1.82) is 0 Å².